The Bertz CT molecular complexity index is 850. The Morgan fingerprint density at radius 3 is 2.44 bits per heavy atom. The van der Waals surface area contributed by atoms with Gasteiger partial charge in [-0.1, -0.05) is 0 Å². The molecule has 4 rings (SSSR count). The molecule has 27 heavy (non-hydrogen) atoms. The molecular weight excluding hydrogens is 372 g/mol. The molecule has 0 saturated carbocycles. The molecule has 3 aliphatic heterocycles. The van der Waals surface area contributed by atoms with Crippen molar-refractivity contribution in [3.63, 3.8) is 0 Å². The topological polar surface area (TPSA) is 102 Å². The van der Waals surface area contributed by atoms with Crippen LogP contribution in [-0.2, 0) is 24.4 Å². The van der Waals surface area contributed by atoms with Crippen LogP contribution in [0.2, 0.25) is 0 Å². The fraction of sp³-hybridized carbons (Fsp3) is 0.529. The fourth-order valence-electron chi connectivity index (χ4n) is 3.41. The molecule has 10 heteroatoms. The van der Waals surface area contributed by atoms with Crippen LogP contribution in [0.1, 0.15) is 19.8 Å². The van der Waals surface area contributed by atoms with Crippen molar-refractivity contribution in [2.24, 2.45) is 8.80 Å². The maximum absolute atomic E-state index is 11.6. The van der Waals surface area contributed by atoms with Gasteiger partial charge in [-0.25, -0.2) is 0 Å². The molecule has 9 nitrogen and oxygen atoms in total. The Kier molecular flexibility index (Phi) is 4.79. The van der Waals surface area contributed by atoms with Gasteiger partial charge in [0.2, 0.25) is 5.84 Å². The maximum Gasteiger partial charge on any atom is 0.368 e. The SMILES string of the molecule is CCOC1=NS(=O)(=O)N=C1Nc1ccc(N2CCC3(CC2)OCCO3)cc1. The van der Waals surface area contributed by atoms with Crippen LogP contribution in [0, 0.1) is 0 Å². The van der Waals surface area contributed by atoms with Crippen molar-refractivity contribution < 1.29 is 22.6 Å². The van der Waals surface area contributed by atoms with E-state index >= 15 is 0 Å². The quantitative estimate of drug-likeness (QED) is 0.829. The molecule has 0 bridgehead atoms. The Balaban J connectivity index is 1.40. The summed E-state index contributed by atoms with van der Waals surface area (Å²) < 4.78 is 46.9. The molecule has 0 aromatic heterocycles. The molecule has 3 aliphatic rings. The van der Waals surface area contributed by atoms with Gasteiger partial charge in [0.1, 0.15) is 0 Å². The molecule has 0 amide bonds. The minimum Gasteiger partial charge on any atom is -0.475 e. The third-order valence-electron chi connectivity index (χ3n) is 4.72. The average Bonchev–Trinajstić information content (AvgIpc) is 3.21. The minimum atomic E-state index is -3.87. The summed E-state index contributed by atoms with van der Waals surface area (Å²) in [7, 11) is -3.87. The van der Waals surface area contributed by atoms with Gasteiger partial charge in [0.25, 0.3) is 5.90 Å². The summed E-state index contributed by atoms with van der Waals surface area (Å²) in [6.45, 7) is 5.12. The molecule has 1 aromatic carbocycles. The second kappa shape index (κ2) is 7.10. The van der Waals surface area contributed by atoms with Crippen LogP contribution in [0.4, 0.5) is 11.4 Å². The first-order valence-corrected chi connectivity index (χ1v) is 10.4. The van der Waals surface area contributed by atoms with Crippen LogP contribution in [0.5, 0.6) is 0 Å². The average molecular weight is 394 g/mol. The van der Waals surface area contributed by atoms with Crippen molar-refractivity contribution in [1.82, 2.24) is 0 Å². The molecule has 0 radical (unpaired) electrons. The van der Waals surface area contributed by atoms with Gasteiger partial charge in [0, 0.05) is 37.3 Å². The van der Waals surface area contributed by atoms with Crippen molar-refractivity contribution in [1.29, 1.82) is 0 Å². The van der Waals surface area contributed by atoms with Gasteiger partial charge in [0.15, 0.2) is 5.79 Å². The number of ether oxygens (including phenoxy) is 3. The molecule has 0 atom stereocenters. The van der Waals surface area contributed by atoms with Gasteiger partial charge in [0.05, 0.1) is 19.8 Å². The molecule has 1 N–H and O–H groups in total. The summed E-state index contributed by atoms with van der Waals surface area (Å²) >= 11 is 0. The highest BCUT2D eigenvalue weighted by molar-refractivity contribution is 7.89. The minimum absolute atomic E-state index is 0.0144. The number of hydrogen-bond donors (Lipinski definition) is 1. The number of anilines is 2. The molecule has 2 fully saturated rings. The summed E-state index contributed by atoms with van der Waals surface area (Å²) in [5.74, 6) is -0.307. The van der Waals surface area contributed by atoms with E-state index in [4.69, 9.17) is 14.2 Å². The van der Waals surface area contributed by atoms with Crippen LogP contribution < -0.4 is 10.2 Å². The predicted molar refractivity (Wildman–Crippen MR) is 102 cm³/mol. The zero-order valence-electron chi connectivity index (χ0n) is 15.1. The molecule has 0 aliphatic carbocycles. The summed E-state index contributed by atoms with van der Waals surface area (Å²) in [6, 6.07) is 7.72. The largest absolute Gasteiger partial charge is 0.475 e. The molecule has 1 aromatic rings. The van der Waals surface area contributed by atoms with Crippen LogP contribution in [-0.4, -0.2) is 58.8 Å². The maximum atomic E-state index is 11.6. The Morgan fingerprint density at radius 1 is 1.15 bits per heavy atom. The van der Waals surface area contributed by atoms with E-state index in [-0.39, 0.29) is 17.5 Å². The van der Waals surface area contributed by atoms with E-state index in [1.54, 1.807) is 6.92 Å². The zero-order chi connectivity index (χ0) is 18.9. The van der Waals surface area contributed by atoms with Gasteiger partial charge in [-0.3, -0.25) is 0 Å². The standard InChI is InChI=1S/C17H22N4O5S/c1-2-24-16-15(19-27(22,23)20-16)18-13-3-5-14(6-4-13)21-9-7-17(8-10-21)25-11-12-26-17/h3-6H,2,7-12H2,1H3,(H,18,19). The fourth-order valence-corrected chi connectivity index (χ4v) is 4.16. The van der Waals surface area contributed by atoms with E-state index in [0.29, 0.717) is 25.5 Å². The summed E-state index contributed by atoms with van der Waals surface area (Å²) in [6.07, 6.45) is 1.69. The molecule has 0 unspecified atom stereocenters. The first-order chi connectivity index (χ1) is 13.0. The normalized spacial score (nSPS) is 23.2. The van der Waals surface area contributed by atoms with Crippen molar-refractivity contribution in [2.45, 2.75) is 25.6 Å². The summed E-state index contributed by atoms with van der Waals surface area (Å²) in [5, 5.41) is 2.96. The Morgan fingerprint density at radius 2 is 1.81 bits per heavy atom. The highest BCUT2D eigenvalue weighted by Crippen LogP contribution is 2.33. The van der Waals surface area contributed by atoms with Gasteiger partial charge in [-0.2, -0.15) is 8.42 Å². The highest BCUT2D eigenvalue weighted by atomic mass is 32.2. The van der Waals surface area contributed by atoms with Crippen molar-refractivity contribution in [3.05, 3.63) is 24.3 Å². The summed E-state index contributed by atoms with van der Waals surface area (Å²) in [4.78, 5) is 2.28. The number of rotatable bonds is 3. The lowest BCUT2D eigenvalue weighted by molar-refractivity contribution is -0.169. The van der Waals surface area contributed by atoms with Crippen LogP contribution in [0.15, 0.2) is 33.1 Å². The van der Waals surface area contributed by atoms with Crippen LogP contribution in [0.25, 0.3) is 0 Å². The lowest BCUT2D eigenvalue weighted by atomic mass is 10.0. The van der Waals surface area contributed by atoms with E-state index in [0.717, 1.165) is 31.6 Å². The van der Waals surface area contributed by atoms with Gasteiger partial charge in [-0.15, -0.1) is 8.80 Å². The number of nitrogens with one attached hydrogen (secondary N) is 1. The van der Waals surface area contributed by atoms with Crippen LogP contribution >= 0.6 is 0 Å². The van der Waals surface area contributed by atoms with Gasteiger partial charge in [-0.05, 0) is 31.2 Å². The number of benzene rings is 1. The lowest BCUT2D eigenvalue weighted by Crippen LogP contribution is -2.45. The van der Waals surface area contributed by atoms with Gasteiger partial charge >= 0.3 is 10.2 Å². The third kappa shape index (κ3) is 3.92. The third-order valence-corrected chi connectivity index (χ3v) is 5.53. The Labute approximate surface area is 158 Å². The first-order valence-electron chi connectivity index (χ1n) is 8.97. The van der Waals surface area contributed by atoms with E-state index in [1.807, 2.05) is 24.3 Å². The first kappa shape index (κ1) is 18.2. The highest BCUT2D eigenvalue weighted by Gasteiger charge is 2.39. The van der Waals surface area contributed by atoms with Crippen LogP contribution in [0.3, 0.4) is 0 Å². The molecule has 2 saturated heterocycles. The van der Waals surface area contributed by atoms with Gasteiger partial charge < -0.3 is 24.4 Å². The Hall–Kier alpha value is -2.17. The van der Waals surface area contributed by atoms with E-state index in [2.05, 4.69) is 19.0 Å². The molecular formula is C17H22N4O5S. The monoisotopic (exact) mass is 394 g/mol. The van der Waals surface area contributed by atoms with E-state index in [9.17, 15) is 8.42 Å². The number of amidine groups is 1. The molecule has 3 heterocycles. The molecule has 1 spiro atoms. The number of nitrogens with zero attached hydrogens (tertiary/aromatic N) is 3. The zero-order valence-corrected chi connectivity index (χ0v) is 15.9. The summed E-state index contributed by atoms with van der Waals surface area (Å²) in [5.41, 5.74) is 1.80. The van der Waals surface area contributed by atoms with Crippen molar-refractivity contribution in [3.8, 4) is 0 Å². The van der Waals surface area contributed by atoms with Crippen molar-refractivity contribution >= 4 is 33.3 Å². The number of piperidine rings is 1. The molecule has 146 valence electrons. The van der Waals surface area contributed by atoms with E-state index < -0.39 is 10.2 Å². The lowest BCUT2D eigenvalue weighted by Gasteiger charge is -2.38. The number of hydrogen-bond acceptors (Lipinski definition) is 7. The van der Waals surface area contributed by atoms with E-state index in [1.165, 1.54) is 0 Å². The van der Waals surface area contributed by atoms with Crippen molar-refractivity contribution in [2.75, 3.05) is 43.1 Å². The smallest absolute Gasteiger partial charge is 0.368 e. The second-order valence-corrected chi connectivity index (χ2v) is 7.74. The second-order valence-electron chi connectivity index (χ2n) is 6.48. The predicted octanol–water partition coefficient (Wildman–Crippen LogP) is 1.53.